The highest BCUT2D eigenvalue weighted by atomic mass is 79.9. The Kier molecular flexibility index (Phi) is 6.53. The highest BCUT2D eigenvalue weighted by Crippen LogP contribution is 2.45. The number of aliphatic hydroxyl groups excluding tert-OH is 1. The van der Waals surface area contributed by atoms with Gasteiger partial charge >= 0.3 is 5.97 Å². The number of esters is 1. The lowest BCUT2D eigenvalue weighted by atomic mass is 10.1. The molecule has 0 aromatic heterocycles. The first-order chi connectivity index (χ1) is 13.9. The minimum absolute atomic E-state index is 0.0296. The van der Waals surface area contributed by atoms with E-state index in [0.29, 0.717) is 11.1 Å². The molecular formula is C21H18BrFN2O4. The molecule has 1 aliphatic rings. The number of benzene rings is 2. The number of methoxy groups -OCH3 is 1. The third-order valence-corrected chi connectivity index (χ3v) is 4.95. The van der Waals surface area contributed by atoms with Gasteiger partial charge in [0.2, 0.25) is 0 Å². The first kappa shape index (κ1) is 20.9. The molecule has 1 N–H and O–H groups in total. The van der Waals surface area contributed by atoms with Crippen LogP contribution in [-0.4, -0.2) is 24.0 Å². The summed E-state index contributed by atoms with van der Waals surface area (Å²) in [5.74, 6) is -2.39. The molecule has 3 rings (SSSR count). The van der Waals surface area contributed by atoms with E-state index in [-0.39, 0.29) is 11.6 Å². The first-order valence-electron chi connectivity index (χ1n) is 8.90. The zero-order chi connectivity index (χ0) is 21.0. The smallest absolute Gasteiger partial charge is 0.313 e. The number of aliphatic hydroxyl groups is 1. The lowest BCUT2D eigenvalue weighted by Crippen LogP contribution is -2.12. The summed E-state index contributed by atoms with van der Waals surface area (Å²) in [5.41, 5.74) is 0.595. The number of carbonyl (C=O) groups excluding carboxylic acids is 2. The maximum Gasteiger partial charge on any atom is 0.313 e. The average molecular weight is 461 g/mol. The quantitative estimate of drug-likeness (QED) is 0.191. The summed E-state index contributed by atoms with van der Waals surface area (Å²) in [6.07, 6.45) is 1.23. The van der Waals surface area contributed by atoms with Crippen molar-refractivity contribution >= 4 is 39.1 Å². The lowest BCUT2D eigenvalue weighted by molar-refractivity contribution is -0.142. The molecular weight excluding hydrogens is 443 g/mol. The lowest BCUT2D eigenvalue weighted by Gasteiger charge is -2.07. The van der Waals surface area contributed by atoms with Gasteiger partial charge in [-0.3, -0.25) is 9.59 Å². The number of azo groups is 1. The number of rotatable bonds is 7. The van der Waals surface area contributed by atoms with E-state index < -0.39 is 35.4 Å². The minimum atomic E-state index is -0.787. The van der Waals surface area contributed by atoms with Crippen LogP contribution in [-0.2, 0) is 14.3 Å². The number of hydrogen-bond donors (Lipinski definition) is 1. The largest absolute Gasteiger partial charge is 0.505 e. The van der Waals surface area contributed by atoms with E-state index in [4.69, 9.17) is 0 Å². The topological polar surface area (TPSA) is 88.3 Å². The predicted octanol–water partition coefficient (Wildman–Crippen LogP) is 5.61. The fourth-order valence-corrected chi connectivity index (χ4v) is 2.99. The van der Waals surface area contributed by atoms with Crippen molar-refractivity contribution < 1.29 is 23.8 Å². The zero-order valence-electron chi connectivity index (χ0n) is 15.6. The molecule has 6 nitrogen and oxygen atoms in total. The Labute approximate surface area is 175 Å². The van der Waals surface area contributed by atoms with Crippen molar-refractivity contribution in [3.05, 3.63) is 69.6 Å². The van der Waals surface area contributed by atoms with Crippen molar-refractivity contribution in [3.63, 3.8) is 0 Å². The molecule has 0 unspecified atom stereocenters. The van der Waals surface area contributed by atoms with Gasteiger partial charge < -0.3 is 9.84 Å². The minimum Gasteiger partial charge on any atom is -0.505 e. The number of hydrogen-bond acceptors (Lipinski definition) is 6. The van der Waals surface area contributed by atoms with Crippen LogP contribution in [0.4, 0.5) is 10.1 Å². The molecule has 1 fully saturated rings. The molecule has 2 aromatic carbocycles. The van der Waals surface area contributed by atoms with Crippen molar-refractivity contribution in [2.45, 2.75) is 25.2 Å². The summed E-state index contributed by atoms with van der Waals surface area (Å²) in [7, 11) is 1.15. The Hall–Kier alpha value is -2.87. The Morgan fingerprint density at radius 3 is 2.52 bits per heavy atom. The molecule has 8 heteroatoms. The van der Waals surface area contributed by atoms with Crippen LogP contribution in [0.1, 0.15) is 36.3 Å². The van der Waals surface area contributed by atoms with E-state index in [1.165, 1.54) is 6.07 Å². The second kappa shape index (κ2) is 9.09. The van der Waals surface area contributed by atoms with Crippen LogP contribution in [0, 0.1) is 5.82 Å². The van der Waals surface area contributed by atoms with E-state index >= 15 is 0 Å². The fraction of sp³-hybridized carbons (Fsp3) is 0.238. The molecule has 1 aliphatic carbocycles. The van der Waals surface area contributed by atoms with E-state index in [2.05, 4.69) is 30.9 Å². The Morgan fingerprint density at radius 1 is 1.21 bits per heavy atom. The van der Waals surface area contributed by atoms with Crippen LogP contribution in [0.25, 0.3) is 5.76 Å². The van der Waals surface area contributed by atoms with Crippen LogP contribution >= 0.6 is 15.9 Å². The van der Waals surface area contributed by atoms with E-state index in [1.807, 2.05) is 0 Å². The number of nitrogens with zero attached hydrogens (tertiary/aromatic N) is 2. The normalized spacial score (nSPS) is 14.6. The number of ketones is 1. The summed E-state index contributed by atoms with van der Waals surface area (Å²) in [6, 6.07) is 11.1. The highest BCUT2D eigenvalue weighted by Gasteiger charge is 2.28. The molecule has 0 bridgehead atoms. The fourth-order valence-electron chi connectivity index (χ4n) is 2.73. The molecule has 0 spiro atoms. The Morgan fingerprint density at radius 2 is 1.90 bits per heavy atom. The second-order valence-electron chi connectivity index (χ2n) is 6.53. The van der Waals surface area contributed by atoms with Crippen molar-refractivity contribution in [1.82, 2.24) is 0 Å². The molecule has 2 aromatic rings. The van der Waals surface area contributed by atoms with Gasteiger partial charge in [-0.05, 0) is 42.5 Å². The first-order valence-corrected chi connectivity index (χ1v) is 9.69. The van der Waals surface area contributed by atoms with Crippen LogP contribution in [0.2, 0.25) is 0 Å². The third kappa shape index (κ3) is 5.14. The summed E-state index contributed by atoms with van der Waals surface area (Å²) < 4.78 is 19.6. The Balaban J connectivity index is 2.03. The summed E-state index contributed by atoms with van der Waals surface area (Å²) in [5, 5.41) is 18.4. The molecule has 0 atom stereocenters. The molecule has 0 aliphatic heterocycles. The van der Waals surface area contributed by atoms with Crippen LogP contribution in [0.3, 0.4) is 0 Å². The number of allylic oxidation sites excluding steroid dienone is 1. The van der Waals surface area contributed by atoms with Crippen LogP contribution in [0.15, 0.2) is 62.9 Å². The van der Waals surface area contributed by atoms with Gasteiger partial charge in [-0.2, -0.15) is 0 Å². The van der Waals surface area contributed by atoms with Gasteiger partial charge in [0, 0.05) is 10.0 Å². The second-order valence-corrected chi connectivity index (χ2v) is 7.45. The van der Waals surface area contributed by atoms with Crippen molar-refractivity contribution in [1.29, 1.82) is 0 Å². The summed E-state index contributed by atoms with van der Waals surface area (Å²) in [4.78, 5) is 24.1. The van der Waals surface area contributed by atoms with Gasteiger partial charge in [-0.25, -0.2) is 4.39 Å². The van der Waals surface area contributed by atoms with Gasteiger partial charge in [0.15, 0.2) is 23.1 Å². The molecule has 0 radical (unpaired) electrons. The summed E-state index contributed by atoms with van der Waals surface area (Å²) in [6.45, 7) is 0. The molecule has 0 heterocycles. The zero-order valence-corrected chi connectivity index (χ0v) is 17.1. The third-order valence-electron chi connectivity index (χ3n) is 4.42. The molecule has 0 saturated heterocycles. The number of Topliss-reactive ketones (excluding diaryl/α,β-unsaturated/α-hetero) is 1. The van der Waals surface area contributed by atoms with Crippen molar-refractivity contribution in [2.24, 2.45) is 10.2 Å². The van der Waals surface area contributed by atoms with Crippen LogP contribution in [0.5, 0.6) is 0 Å². The number of carbonyl (C=O) groups is 2. The van der Waals surface area contributed by atoms with Gasteiger partial charge in [0.25, 0.3) is 0 Å². The van der Waals surface area contributed by atoms with Crippen LogP contribution < -0.4 is 0 Å². The standard InChI is InChI=1S/C21H18BrFN2O4/c1-29-18(27)11-17(26)20(21(28)13-7-9-14(22)10-8-13)25-24-19-15(12-5-6-12)3-2-4-16(19)23/h2-4,7-10,12,28H,5-6,11H2,1H3/b21-20+,25-24?. The number of halogens is 2. The number of ether oxygens (including phenoxy) is 1. The van der Waals surface area contributed by atoms with E-state index in [0.717, 1.165) is 24.4 Å². The van der Waals surface area contributed by atoms with E-state index in [1.54, 1.807) is 36.4 Å². The maximum atomic E-state index is 14.3. The van der Waals surface area contributed by atoms with Gasteiger partial charge in [-0.1, -0.05) is 40.2 Å². The van der Waals surface area contributed by atoms with Gasteiger partial charge in [-0.15, -0.1) is 10.2 Å². The van der Waals surface area contributed by atoms with Gasteiger partial charge in [0.1, 0.15) is 12.1 Å². The van der Waals surface area contributed by atoms with Crippen molar-refractivity contribution in [3.8, 4) is 0 Å². The summed E-state index contributed by atoms with van der Waals surface area (Å²) >= 11 is 3.29. The molecule has 150 valence electrons. The van der Waals surface area contributed by atoms with Gasteiger partial charge in [0.05, 0.1) is 7.11 Å². The highest BCUT2D eigenvalue weighted by molar-refractivity contribution is 9.10. The molecule has 0 amide bonds. The molecule has 1 saturated carbocycles. The SMILES string of the molecule is COC(=O)CC(=O)/C(N=Nc1c(F)cccc1C1CC1)=C(\O)c1ccc(Br)cc1. The average Bonchev–Trinajstić information content (AvgIpc) is 3.54. The van der Waals surface area contributed by atoms with Crippen molar-refractivity contribution in [2.75, 3.05) is 7.11 Å². The molecule has 29 heavy (non-hydrogen) atoms. The Bertz CT molecular complexity index is 998. The van der Waals surface area contributed by atoms with E-state index in [9.17, 15) is 19.1 Å². The maximum absolute atomic E-state index is 14.3. The predicted molar refractivity (Wildman–Crippen MR) is 108 cm³/mol. The monoisotopic (exact) mass is 460 g/mol.